The van der Waals surface area contributed by atoms with Crippen molar-refractivity contribution in [2.24, 2.45) is 0 Å². The van der Waals surface area contributed by atoms with Gasteiger partial charge >= 0.3 is 11.9 Å². The van der Waals surface area contributed by atoms with Gasteiger partial charge in [-0.05, 0) is 36.3 Å². The van der Waals surface area contributed by atoms with Crippen LogP contribution in [0.3, 0.4) is 0 Å². The molecule has 0 aromatic rings. The molecule has 0 radical (unpaired) electrons. The molecule has 0 saturated heterocycles. The predicted molar refractivity (Wildman–Crippen MR) is 156 cm³/mol. The van der Waals surface area contributed by atoms with Crippen molar-refractivity contribution in [1.82, 2.24) is 0 Å². The minimum atomic E-state index is -1.75. The molecule has 0 aliphatic carbocycles. The van der Waals surface area contributed by atoms with Crippen molar-refractivity contribution in [3.05, 3.63) is 0 Å². The molecule has 12 heteroatoms. The van der Waals surface area contributed by atoms with Crippen molar-refractivity contribution in [2.45, 2.75) is 84.2 Å². The molecule has 0 spiro atoms. The van der Waals surface area contributed by atoms with E-state index in [0.29, 0.717) is 52.9 Å². The number of rotatable bonds is 22. The number of hydrogen-bond acceptors (Lipinski definition) is 10. The second-order valence-electron chi connectivity index (χ2n) is 12.3. The van der Waals surface area contributed by atoms with Crippen molar-refractivity contribution < 1.29 is 46.9 Å². The quantitative estimate of drug-likeness (QED) is 0.0763. The highest BCUT2D eigenvalue weighted by Gasteiger charge is 2.37. The van der Waals surface area contributed by atoms with Gasteiger partial charge in [-0.1, -0.05) is 41.5 Å². The molecule has 39 heavy (non-hydrogen) atoms. The molecule has 0 aromatic carbocycles. The lowest BCUT2D eigenvalue weighted by atomic mass is 10.2. The van der Waals surface area contributed by atoms with Crippen LogP contribution < -0.4 is 0 Å². The Morgan fingerprint density at radius 3 is 1.00 bits per heavy atom. The zero-order valence-corrected chi connectivity index (χ0v) is 28.3. The monoisotopic (exact) mass is 596 g/mol. The summed E-state index contributed by atoms with van der Waals surface area (Å²) >= 11 is 0. The van der Waals surface area contributed by atoms with Gasteiger partial charge in [0.25, 0.3) is 0 Å². The third kappa shape index (κ3) is 19.0. The van der Waals surface area contributed by atoms with Gasteiger partial charge in [0.2, 0.25) is 0 Å². The lowest BCUT2D eigenvalue weighted by molar-refractivity contribution is -0.156. The lowest BCUT2D eigenvalue weighted by Crippen LogP contribution is -2.41. The van der Waals surface area contributed by atoms with E-state index in [4.69, 9.17) is 37.3 Å². The molecule has 0 unspecified atom stereocenters. The fourth-order valence-corrected chi connectivity index (χ4v) is 4.49. The van der Waals surface area contributed by atoms with E-state index >= 15 is 0 Å². The summed E-state index contributed by atoms with van der Waals surface area (Å²) in [6.07, 6.45) is -0.450. The van der Waals surface area contributed by atoms with Crippen molar-refractivity contribution in [1.29, 1.82) is 0 Å². The normalized spacial score (nSPS) is 13.0. The number of ether oxygens (including phenoxy) is 6. The summed E-state index contributed by atoms with van der Waals surface area (Å²) in [5.74, 6) is -1.31. The van der Waals surface area contributed by atoms with Gasteiger partial charge in [0, 0.05) is 0 Å². The Balaban J connectivity index is 3.55. The molecule has 0 atom stereocenters. The molecule has 0 aliphatic rings. The minimum Gasteiger partial charge on any atom is -0.463 e. The van der Waals surface area contributed by atoms with Crippen LogP contribution in [0.2, 0.25) is 36.3 Å². The van der Waals surface area contributed by atoms with Crippen LogP contribution >= 0.6 is 0 Å². The maximum atomic E-state index is 11.7. The summed E-state index contributed by atoms with van der Waals surface area (Å²) in [6.45, 7) is 26.4. The summed E-state index contributed by atoms with van der Waals surface area (Å²) in [4.78, 5) is 23.4. The summed E-state index contributed by atoms with van der Waals surface area (Å²) in [7, 11) is -3.49. The van der Waals surface area contributed by atoms with E-state index in [1.807, 2.05) is 0 Å². The van der Waals surface area contributed by atoms with Crippen molar-refractivity contribution in [2.75, 3.05) is 79.3 Å². The van der Waals surface area contributed by atoms with Crippen LogP contribution in [0, 0.1) is 0 Å². The minimum absolute atomic E-state index is 0.0602. The summed E-state index contributed by atoms with van der Waals surface area (Å²) in [5, 5.41) is 0.352. The molecular formula is C27H56O10Si2. The lowest BCUT2D eigenvalue weighted by Gasteiger charge is -2.36. The van der Waals surface area contributed by atoms with Crippen molar-refractivity contribution in [3.8, 4) is 0 Å². The van der Waals surface area contributed by atoms with Gasteiger partial charge in [0.15, 0.2) is 16.6 Å². The largest absolute Gasteiger partial charge is 0.463 e. The van der Waals surface area contributed by atoms with E-state index in [2.05, 4.69) is 67.7 Å². The maximum Gasteiger partial charge on any atom is 0.317 e. The fraction of sp³-hybridized carbons (Fsp3) is 0.926. The Morgan fingerprint density at radius 1 is 0.462 bits per heavy atom. The average molecular weight is 597 g/mol. The van der Waals surface area contributed by atoms with Crippen LogP contribution in [0.4, 0.5) is 0 Å². The van der Waals surface area contributed by atoms with E-state index in [0.717, 1.165) is 0 Å². The number of carbonyl (C=O) groups is 2. The SMILES string of the molecule is CC(C)(C)[Si](C)(C)OCCOCCOCCOC(=O)CC(=O)OCCOCCOCCO[Si](C)(C)C(C)(C)C. The smallest absolute Gasteiger partial charge is 0.317 e. The molecule has 0 fully saturated rings. The first kappa shape index (κ1) is 38.1. The third-order valence-electron chi connectivity index (χ3n) is 7.01. The number of carbonyl (C=O) groups excluding carboxylic acids is 2. The van der Waals surface area contributed by atoms with E-state index in [1.54, 1.807) is 0 Å². The van der Waals surface area contributed by atoms with Gasteiger partial charge in [-0.2, -0.15) is 0 Å². The van der Waals surface area contributed by atoms with Gasteiger partial charge in [0.05, 0.1) is 66.1 Å². The molecule has 0 N–H and O–H groups in total. The van der Waals surface area contributed by atoms with Gasteiger partial charge in [-0.15, -0.1) is 0 Å². The Kier molecular flexibility index (Phi) is 18.9. The van der Waals surface area contributed by atoms with Gasteiger partial charge in [0.1, 0.15) is 19.6 Å². The highest BCUT2D eigenvalue weighted by atomic mass is 28.4. The van der Waals surface area contributed by atoms with Crippen LogP contribution in [0.1, 0.15) is 48.0 Å². The molecular weight excluding hydrogens is 540 g/mol. The molecule has 10 nitrogen and oxygen atoms in total. The first-order chi connectivity index (χ1) is 18.0. The van der Waals surface area contributed by atoms with Gasteiger partial charge < -0.3 is 37.3 Å². The summed E-state index contributed by atoms with van der Waals surface area (Å²) in [6, 6.07) is 0. The Bertz CT molecular complexity index is 616. The molecule has 0 aliphatic heterocycles. The maximum absolute atomic E-state index is 11.7. The average Bonchev–Trinajstić information content (AvgIpc) is 2.79. The number of esters is 2. The van der Waals surface area contributed by atoms with Gasteiger partial charge in [-0.3, -0.25) is 9.59 Å². The van der Waals surface area contributed by atoms with E-state index in [-0.39, 0.29) is 36.5 Å². The third-order valence-corrected chi connectivity index (χ3v) is 16.1. The Morgan fingerprint density at radius 2 is 0.718 bits per heavy atom. The van der Waals surface area contributed by atoms with Crippen LogP contribution in [0.5, 0.6) is 0 Å². The van der Waals surface area contributed by atoms with Crippen LogP contribution in [0.25, 0.3) is 0 Å². The van der Waals surface area contributed by atoms with E-state index in [9.17, 15) is 9.59 Å². The topological polar surface area (TPSA) is 108 Å². The van der Waals surface area contributed by atoms with E-state index in [1.165, 1.54) is 0 Å². The molecule has 0 bridgehead atoms. The highest BCUT2D eigenvalue weighted by Crippen LogP contribution is 2.37. The summed E-state index contributed by atoms with van der Waals surface area (Å²) in [5.41, 5.74) is 0. The summed E-state index contributed by atoms with van der Waals surface area (Å²) < 4.78 is 43.8. The second kappa shape index (κ2) is 19.3. The van der Waals surface area contributed by atoms with Crippen molar-refractivity contribution >= 4 is 28.6 Å². The molecule has 0 aromatic heterocycles. The molecule has 0 saturated carbocycles. The zero-order chi connectivity index (χ0) is 30.0. The Labute approximate surface area is 238 Å². The van der Waals surface area contributed by atoms with Crippen molar-refractivity contribution in [3.63, 3.8) is 0 Å². The first-order valence-electron chi connectivity index (χ1n) is 13.9. The fourth-order valence-electron chi connectivity index (χ4n) is 2.44. The molecule has 0 heterocycles. The van der Waals surface area contributed by atoms with Crippen LogP contribution in [0.15, 0.2) is 0 Å². The molecule has 232 valence electrons. The van der Waals surface area contributed by atoms with Crippen LogP contribution in [-0.4, -0.2) is 108 Å². The Hall–Kier alpha value is -0.866. The molecule has 0 rings (SSSR count). The number of hydrogen-bond donors (Lipinski definition) is 0. The zero-order valence-electron chi connectivity index (χ0n) is 26.3. The van der Waals surface area contributed by atoms with Crippen LogP contribution in [-0.2, 0) is 46.9 Å². The first-order valence-corrected chi connectivity index (χ1v) is 19.7. The highest BCUT2D eigenvalue weighted by molar-refractivity contribution is 6.74. The van der Waals surface area contributed by atoms with E-state index < -0.39 is 35.0 Å². The molecule has 0 amide bonds. The standard InChI is InChI=1S/C27H56O10Si2/c1-26(2,3)38(7,8)36-21-17-32-13-11-30-15-19-34-24(28)23-25(29)35-20-16-31-12-14-33-18-22-37-39(9,10)27(4,5)6/h11-23H2,1-10H3. The predicted octanol–water partition coefficient (Wildman–Crippen LogP) is 4.57. The second-order valence-corrected chi connectivity index (χ2v) is 21.9. The van der Waals surface area contributed by atoms with Gasteiger partial charge in [-0.25, -0.2) is 0 Å².